The largest absolute Gasteiger partial charge is 0.461 e. The third-order valence-corrected chi connectivity index (χ3v) is 7.04. The van der Waals surface area contributed by atoms with Crippen molar-refractivity contribution in [2.45, 2.75) is 42.0 Å². The van der Waals surface area contributed by atoms with Gasteiger partial charge in [0.15, 0.2) is 0 Å². The molecule has 0 fully saturated rings. The molecule has 1 aromatic carbocycles. The molecule has 0 unspecified atom stereocenters. The van der Waals surface area contributed by atoms with Crippen molar-refractivity contribution in [3.8, 4) is 0 Å². The molecule has 0 radical (unpaired) electrons. The Hall–Kier alpha value is -0.0700. The molecule has 0 saturated carbocycles. The van der Waals surface area contributed by atoms with E-state index in [1.54, 1.807) is 0 Å². The summed E-state index contributed by atoms with van der Waals surface area (Å²) in [4.78, 5) is -1.48. The molecule has 0 aromatic heterocycles. The zero-order valence-corrected chi connectivity index (χ0v) is 16.7. The molecule has 1 aromatic rings. The Morgan fingerprint density at radius 2 is 1.52 bits per heavy atom. The average molecular weight is 545 g/mol. The van der Waals surface area contributed by atoms with Gasteiger partial charge in [-0.3, -0.25) is 0 Å². The molecule has 0 aliphatic rings. The lowest BCUT2D eigenvalue weighted by atomic mass is 10.1. The molecule has 0 N–H and O–H groups in total. The van der Waals surface area contributed by atoms with Gasteiger partial charge in [-0.2, -0.15) is 30.7 Å². The summed E-state index contributed by atoms with van der Waals surface area (Å²) in [5, 5.41) is -7.38. The lowest BCUT2D eigenvalue weighted by Crippen LogP contribution is -2.56. The lowest BCUT2D eigenvalue weighted by Gasteiger charge is -2.29. The van der Waals surface area contributed by atoms with Crippen LogP contribution in [0.15, 0.2) is 19.9 Å². The highest BCUT2D eigenvalue weighted by atomic mass is 79.9. The van der Waals surface area contributed by atoms with Gasteiger partial charge in [0, 0.05) is 8.95 Å². The molecule has 144 valence electrons. The Labute approximate surface area is 159 Å². The van der Waals surface area contributed by atoms with Gasteiger partial charge in [0.1, 0.15) is 0 Å². The third kappa shape index (κ3) is 3.68. The van der Waals surface area contributed by atoms with E-state index in [2.05, 4.69) is 31.9 Å². The van der Waals surface area contributed by atoms with E-state index in [-0.39, 0.29) is 21.8 Å². The third-order valence-electron chi connectivity index (χ3n) is 3.05. The second kappa shape index (κ2) is 7.16. The van der Waals surface area contributed by atoms with Crippen molar-refractivity contribution in [2.24, 2.45) is 0 Å². The number of rotatable bonds is 5. The van der Waals surface area contributed by atoms with Crippen LogP contribution in [0.25, 0.3) is 0 Å². The Bertz CT molecular complexity index is 779. The van der Waals surface area contributed by atoms with Gasteiger partial charge in [-0.25, -0.2) is 8.42 Å². The first kappa shape index (κ1) is 23.0. The molecule has 0 aliphatic heterocycles. The van der Waals surface area contributed by atoms with Gasteiger partial charge in [0.25, 0.3) is 9.84 Å². The van der Waals surface area contributed by atoms with Crippen LogP contribution in [0.3, 0.4) is 0 Å². The van der Waals surface area contributed by atoms with E-state index in [1.165, 1.54) is 13.0 Å². The van der Waals surface area contributed by atoms with Crippen molar-refractivity contribution in [1.29, 1.82) is 0 Å². The minimum atomic E-state index is -6.82. The molecule has 0 heterocycles. The van der Waals surface area contributed by atoms with Gasteiger partial charge < -0.3 is 0 Å². The second-order valence-corrected chi connectivity index (χ2v) is 8.82. The number of halogens is 10. The summed E-state index contributed by atoms with van der Waals surface area (Å²) in [6.45, 7) is 1.52. The van der Waals surface area contributed by atoms with Crippen molar-refractivity contribution in [3.63, 3.8) is 0 Å². The molecule has 0 aliphatic carbocycles. The molecule has 0 bridgehead atoms. The molecule has 0 saturated heterocycles. The van der Waals surface area contributed by atoms with Crippen LogP contribution < -0.4 is 0 Å². The van der Waals surface area contributed by atoms with Crippen LogP contribution in [0.4, 0.5) is 30.7 Å². The van der Waals surface area contributed by atoms with Gasteiger partial charge >= 0.3 is 17.4 Å². The van der Waals surface area contributed by atoms with E-state index in [4.69, 9.17) is 11.6 Å². The summed E-state index contributed by atoms with van der Waals surface area (Å²) in [5.41, 5.74) is -0.423. The maximum Gasteiger partial charge on any atom is 0.461 e. The highest BCUT2D eigenvalue weighted by molar-refractivity contribution is 9.11. The first-order valence-electron chi connectivity index (χ1n) is 6.27. The Morgan fingerprint density at radius 3 is 1.92 bits per heavy atom. The highest BCUT2D eigenvalue weighted by Crippen LogP contribution is 2.53. The molecule has 0 spiro atoms. The number of benzene rings is 1. The quantitative estimate of drug-likeness (QED) is 0.319. The summed E-state index contributed by atoms with van der Waals surface area (Å²) in [7, 11) is -6.50. The van der Waals surface area contributed by atoms with Crippen molar-refractivity contribution in [1.82, 2.24) is 0 Å². The molecule has 1 rings (SSSR count). The Kier molecular flexibility index (Phi) is 6.58. The zero-order valence-electron chi connectivity index (χ0n) is 12.0. The van der Waals surface area contributed by atoms with E-state index in [9.17, 15) is 39.2 Å². The van der Waals surface area contributed by atoms with Crippen LogP contribution in [0, 0.1) is 0 Å². The summed E-state index contributed by atoms with van der Waals surface area (Å²) >= 11 is 11.3. The molecule has 25 heavy (non-hydrogen) atoms. The minimum absolute atomic E-state index is 0.0877. The van der Waals surface area contributed by atoms with E-state index >= 15 is 0 Å². The maximum atomic E-state index is 13.9. The Balaban J connectivity index is 3.87. The molecule has 0 atom stereocenters. The normalized spacial score (nSPS) is 14.0. The number of hydrogen-bond donors (Lipinski definition) is 0. The van der Waals surface area contributed by atoms with Crippen molar-refractivity contribution in [2.75, 3.05) is 0 Å². The molecular weight excluding hydrogens is 536 g/mol. The predicted molar refractivity (Wildman–Crippen MR) is 84.0 cm³/mol. The monoisotopic (exact) mass is 542 g/mol. The summed E-state index contributed by atoms with van der Waals surface area (Å²) in [6.07, 6.45) is -6.82. The van der Waals surface area contributed by atoms with Crippen molar-refractivity contribution < 1.29 is 39.2 Å². The van der Waals surface area contributed by atoms with Crippen LogP contribution in [0.2, 0.25) is 5.02 Å². The predicted octanol–water partition coefficient (Wildman–Crippen LogP) is 6.38. The van der Waals surface area contributed by atoms with E-state index < -0.39 is 42.7 Å². The fraction of sp³-hybridized carbons (Fsp3) is 0.500. The smallest absolute Gasteiger partial charge is 0.217 e. The first-order valence-corrected chi connectivity index (χ1v) is 9.72. The number of hydrogen-bond acceptors (Lipinski definition) is 2. The minimum Gasteiger partial charge on any atom is -0.217 e. The number of alkyl halides is 7. The lowest BCUT2D eigenvalue weighted by molar-refractivity contribution is -0.332. The molecule has 13 heteroatoms. The summed E-state index contributed by atoms with van der Waals surface area (Å²) in [5.74, 6) is -6.82. The van der Waals surface area contributed by atoms with E-state index in [1.807, 2.05) is 0 Å². The van der Waals surface area contributed by atoms with Gasteiger partial charge in [-0.15, -0.1) is 0 Å². The van der Waals surface area contributed by atoms with Gasteiger partial charge in [-0.05, 0) is 34.0 Å². The van der Waals surface area contributed by atoms with Gasteiger partial charge in [0.2, 0.25) is 0 Å². The van der Waals surface area contributed by atoms with Crippen molar-refractivity contribution in [3.05, 3.63) is 25.6 Å². The fourth-order valence-electron chi connectivity index (χ4n) is 1.84. The summed E-state index contributed by atoms with van der Waals surface area (Å²) < 4.78 is 115. The highest BCUT2D eigenvalue weighted by Gasteiger charge is 2.79. The standard InChI is InChI=1S/C12H8Br2ClF7O2S/c1-2-3-5-6(13)4-7(14)8(15)9(5)25(23,24)12(21,22)10(16,17)11(18,19)20/h4H,2-3H2,1H3. The summed E-state index contributed by atoms with van der Waals surface area (Å²) in [6, 6.07) is 1.17. The van der Waals surface area contributed by atoms with Crippen LogP contribution in [0.1, 0.15) is 18.9 Å². The number of sulfone groups is 1. The molecule has 0 amide bonds. The van der Waals surface area contributed by atoms with Crippen LogP contribution in [-0.2, 0) is 16.3 Å². The topological polar surface area (TPSA) is 34.1 Å². The van der Waals surface area contributed by atoms with Crippen LogP contribution in [0.5, 0.6) is 0 Å². The molecule has 2 nitrogen and oxygen atoms in total. The van der Waals surface area contributed by atoms with Gasteiger partial charge in [-0.1, -0.05) is 40.9 Å². The maximum absolute atomic E-state index is 13.9. The first-order chi connectivity index (χ1) is 11.0. The SMILES string of the molecule is CCCc1c(Br)cc(Br)c(Cl)c1S(=O)(=O)C(F)(F)C(F)(F)C(F)(F)F. The average Bonchev–Trinajstić information content (AvgIpc) is 2.43. The second-order valence-electron chi connectivity index (χ2n) is 4.80. The molecular formula is C12H8Br2ClF7O2S. The van der Waals surface area contributed by atoms with E-state index in [0.29, 0.717) is 0 Å². The van der Waals surface area contributed by atoms with Gasteiger partial charge in [0.05, 0.1) is 9.92 Å². The fourth-order valence-corrected chi connectivity index (χ4v) is 5.52. The zero-order chi connectivity index (χ0) is 20.0. The van der Waals surface area contributed by atoms with Crippen molar-refractivity contribution >= 4 is 53.3 Å². The Morgan fingerprint density at radius 1 is 1.04 bits per heavy atom. The van der Waals surface area contributed by atoms with Crippen LogP contribution >= 0.6 is 43.5 Å². The van der Waals surface area contributed by atoms with Crippen LogP contribution in [-0.4, -0.2) is 25.8 Å². The van der Waals surface area contributed by atoms with E-state index in [0.717, 1.165) is 0 Å².